The number of fused-ring (bicyclic) bond motifs is 1. The van der Waals surface area contributed by atoms with Crippen LogP contribution in [-0.4, -0.2) is 25.2 Å². The Kier molecular flexibility index (Phi) is 5.40. The number of aromatic nitrogens is 4. The number of anilines is 1. The van der Waals surface area contributed by atoms with Crippen LogP contribution in [0, 0.1) is 12.7 Å². The van der Waals surface area contributed by atoms with E-state index in [1.807, 2.05) is 60.0 Å². The summed E-state index contributed by atoms with van der Waals surface area (Å²) in [7, 11) is 0. The van der Waals surface area contributed by atoms with Crippen molar-refractivity contribution >= 4 is 34.4 Å². The van der Waals surface area contributed by atoms with Crippen molar-refractivity contribution < 1.29 is 9.18 Å². The highest BCUT2D eigenvalue weighted by atomic mass is 35.5. The molecule has 0 bridgehead atoms. The Morgan fingerprint density at radius 2 is 1.76 bits per heavy atom. The highest BCUT2D eigenvalue weighted by Gasteiger charge is 2.19. The van der Waals surface area contributed by atoms with Gasteiger partial charge in [0.1, 0.15) is 11.6 Å². The topological polar surface area (TPSA) is 64.7 Å². The molecule has 0 aliphatic heterocycles. The van der Waals surface area contributed by atoms with Crippen molar-refractivity contribution in [2.24, 2.45) is 0 Å². The van der Waals surface area contributed by atoms with Crippen molar-refractivity contribution in [3.63, 3.8) is 0 Å². The molecule has 0 saturated carbocycles. The van der Waals surface area contributed by atoms with E-state index in [1.165, 1.54) is 24.3 Å². The standard InChI is InChI=1S/C25H19ClFN5O/c1-16-14-23(29-24(33)18-8-12-20(27)13-9-18)32(30-16)25-28-21-4-2-3-5-22(21)31(25)15-17-6-10-19(26)11-7-17/h2-14H,15H2,1H3,(H,29,33). The van der Waals surface area contributed by atoms with Crippen LogP contribution in [0.5, 0.6) is 0 Å². The molecule has 33 heavy (non-hydrogen) atoms. The molecule has 5 rings (SSSR count). The van der Waals surface area contributed by atoms with Crippen molar-refractivity contribution in [2.45, 2.75) is 13.5 Å². The van der Waals surface area contributed by atoms with Gasteiger partial charge in [0, 0.05) is 16.7 Å². The molecule has 8 heteroatoms. The van der Waals surface area contributed by atoms with Crippen LogP contribution < -0.4 is 5.32 Å². The minimum absolute atomic E-state index is 0.344. The minimum atomic E-state index is -0.400. The average molecular weight is 460 g/mol. The van der Waals surface area contributed by atoms with Crippen LogP contribution in [0.3, 0.4) is 0 Å². The molecule has 0 saturated heterocycles. The van der Waals surface area contributed by atoms with E-state index in [0.717, 1.165) is 22.3 Å². The van der Waals surface area contributed by atoms with Crippen LogP contribution in [0.4, 0.5) is 10.2 Å². The maximum atomic E-state index is 13.2. The number of nitrogens with zero attached hydrogens (tertiary/aromatic N) is 4. The molecule has 5 aromatic rings. The summed E-state index contributed by atoms with van der Waals surface area (Å²) in [5.41, 5.74) is 3.85. The minimum Gasteiger partial charge on any atom is -0.306 e. The zero-order valence-electron chi connectivity index (χ0n) is 17.7. The first-order valence-electron chi connectivity index (χ1n) is 10.3. The van der Waals surface area contributed by atoms with Crippen molar-refractivity contribution in [1.82, 2.24) is 19.3 Å². The summed E-state index contributed by atoms with van der Waals surface area (Å²) in [5, 5.41) is 8.14. The van der Waals surface area contributed by atoms with Gasteiger partial charge in [-0.15, -0.1) is 0 Å². The second kappa shape index (κ2) is 8.52. The Hall–Kier alpha value is -3.97. The van der Waals surface area contributed by atoms with Crippen LogP contribution in [0.15, 0.2) is 78.9 Å². The first-order chi connectivity index (χ1) is 16.0. The van der Waals surface area contributed by atoms with E-state index in [9.17, 15) is 9.18 Å². The number of carbonyl (C=O) groups excluding carboxylic acids is 1. The largest absolute Gasteiger partial charge is 0.306 e. The number of hydrogen-bond donors (Lipinski definition) is 1. The maximum Gasteiger partial charge on any atom is 0.256 e. The fourth-order valence-corrected chi connectivity index (χ4v) is 3.81. The molecule has 1 amide bonds. The quantitative estimate of drug-likeness (QED) is 0.371. The summed E-state index contributed by atoms with van der Waals surface area (Å²) in [6, 6.07) is 22.6. The molecule has 0 spiro atoms. The van der Waals surface area contributed by atoms with E-state index in [0.29, 0.717) is 28.9 Å². The van der Waals surface area contributed by atoms with Crippen LogP contribution in [0.2, 0.25) is 5.02 Å². The predicted octanol–water partition coefficient (Wildman–Crippen LogP) is 5.62. The third-order valence-electron chi connectivity index (χ3n) is 5.26. The number of imidazole rings is 1. The molecule has 6 nitrogen and oxygen atoms in total. The highest BCUT2D eigenvalue weighted by Crippen LogP contribution is 2.24. The van der Waals surface area contributed by atoms with E-state index in [-0.39, 0.29) is 5.91 Å². The molecule has 0 radical (unpaired) electrons. The molecule has 0 atom stereocenters. The fraction of sp³-hybridized carbons (Fsp3) is 0.0800. The predicted molar refractivity (Wildman–Crippen MR) is 126 cm³/mol. The van der Waals surface area contributed by atoms with Crippen molar-refractivity contribution in [3.8, 4) is 5.95 Å². The summed E-state index contributed by atoms with van der Waals surface area (Å²) in [6.45, 7) is 2.38. The molecule has 2 aromatic heterocycles. The molecule has 164 valence electrons. The normalized spacial score (nSPS) is 11.1. The van der Waals surface area contributed by atoms with Crippen LogP contribution >= 0.6 is 11.6 Å². The Labute approximate surface area is 194 Å². The lowest BCUT2D eigenvalue weighted by molar-refractivity contribution is 0.102. The van der Waals surface area contributed by atoms with Crippen LogP contribution in [0.25, 0.3) is 17.0 Å². The molecule has 0 aliphatic carbocycles. The lowest BCUT2D eigenvalue weighted by atomic mass is 10.2. The average Bonchev–Trinajstić information content (AvgIpc) is 3.35. The Morgan fingerprint density at radius 3 is 2.52 bits per heavy atom. The number of nitrogens with one attached hydrogen (secondary N) is 1. The van der Waals surface area contributed by atoms with Crippen LogP contribution in [-0.2, 0) is 6.54 Å². The van der Waals surface area contributed by atoms with Crippen molar-refractivity contribution in [1.29, 1.82) is 0 Å². The molecular formula is C25H19ClFN5O. The van der Waals surface area contributed by atoms with Crippen molar-refractivity contribution in [2.75, 3.05) is 5.32 Å². The van der Waals surface area contributed by atoms with Crippen LogP contribution in [0.1, 0.15) is 21.6 Å². The lowest BCUT2D eigenvalue weighted by Crippen LogP contribution is -2.17. The molecule has 2 heterocycles. The number of rotatable bonds is 5. The fourth-order valence-electron chi connectivity index (χ4n) is 3.68. The van der Waals surface area contributed by atoms with Gasteiger partial charge in [-0.05, 0) is 61.0 Å². The highest BCUT2D eigenvalue weighted by molar-refractivity contribution is 6.30. The molecule has 1 N–H and O–H groups in total. The SMILES string of the molecule is Cc1cc(NC(=O)c2ccc(F)cc2)n(-c2nc3ccccc3n2Cc2ccc(Cl)cc2)n1. The first kappa shape index (κ1) is 20.9. The first-order valence-corrected chi connectivity index (χ1v) is 10.7. The summed E-state index contributed by atoms with van der Waals surface area (Å²) < 4.78 is 16.9. The van der Waals surface area contributed by atoms with Gasteiger partial charge in [0.15, 0.2) is 0 Å². The van der Waals surface area contributed by atoms with E-state index >= 15 is 0 Å². The summed E-state index contributed by atoms with van der Waals surface area (Å²) >= 11 is 6.05. The zero-order chi connectivity index (χ0) is 22.9. The Bertz CT molecular complexity index is 1450. The van der Waals surface area contributed by atoms with E-state index in [1.54, 1.807) is 10.7 Å². The molecule has 3 aromatic carbocycles. The third-order valence-corrected chi connectivity index (χ3v) is 5.51. The van der Waals surface area contributed by atoms with Gasteiger partial charge in [-0.25, -0.2) is 9.37 Å². The Balaban J connectivity index is 1.57. The van der Waals surface area contributed by atoms with Gasteiger partial charge in [-0.1, -0.05) is 35.9 Å². The second-order valence-electron chi connectivity index (χ2n) is 7.66. The van der Waals surface area contributed by atoms with E-state index < -0.39 is 5.82 Å². The number of aryl methyl sites for hydroxylation is 1. The van der Waals surface area contributed by atoms with Gasteiger partial charge in [0.25, 0.3) is 5.91 Å². The number of para-hydroxylation sites is 2. The smallest absolute Gasteiger partial charge is 0.256 e. The lowest BCUT2D eigenvalue weighted by Gasteiger charge is -2.12. The van der Waals surface area contributed by atoms with E-state index in [4.69, 9.17) is 16.6 Å². The second-order valence-corrected chi connectivity index (χ2v) is 8.09. The van der Waals surface area contributed by atoms with Gasteiger partial charge >= 0.3 is 0 Å². The monoisotopic (exact) mass is 459 g/mol. The molecule has 0 fully saturated rings. The van der Waals surface area contributed by atoms with Crippen molar-refractivity contribution in [3.05, 3.63) is 107 Å². The molecule has 0 aliphatic rings. The zero-order valence-corrected chi connectivity index (χ0v) is 18.4. The molecule has 0 unspecified atom stereocenters. The summed E-state index contributed by atoms with van der Waals surface area (Å²) in [5.74, 6) is 0.267. The maximum absolute atomic E-state index is 13.2. The number of benzene rings is 3. The number of halogens is 2. The number of carbonyl (C=O) groups is 1. The number of amides is 1. The van der Waals surface area contributed by atoms with Gasteiger partial charge in [-0.2, -0.15) is 9.78 Å². The van der Waals surface area contributed by atoms with E-state index in [2.05, 4.69) is 10.4 Å². The van der Waals surface area contributed by atoms with Gasteiger partial charge in [-0.3, -0.25) is 4.79 Å². The summed E-state index contributed by atoms with van der Waals surface area (Å²) in [4.78, 5) is 17.6. The molecular weight excluding hydrogens is 441 g/mol. The summed E-state index contributed by atoms with van der Waals surface area (Å²) in [6.07, 6.45) is 0. The third kappa shape index (κ3) is 4.23. The van der Waals surface area contributed by atoms with Gasteiger partial charge < -0.3 is 9.88 Å². The van der Waals surface area contributed by atoms with Gasteiger partial charge in [0.2, 0.25) is 5.95 Å². The number of hydrogen-bond acceptors (Lipinski definition) is 3. The van der Waals surface area contributed by atoms with Gasteiger partial charge in [0.05, 0.1) is 23.3 Å². The Morgan fingerprint density at radius 1 is 1.03 bits per heavy atom.